The summed E-state index contributed by atoms with van der Waals surface area (Å²) in [6.07, 6.45) is -4.93. The van der Waals surface area contributed by atoms with Gasteiger partial charge in [-0.15, -0.1) is 0 Å². The van der Waals surface area contributed by atoms with Crippen LogP contribution in [0.15, 0.2) is 54.6 Å². The average Bonchev–Trinajstić information content (AvgIpc) is 3.00. The van der Waals surface area contributed by atoms with Crippen LogP contribution in [0.3, 0.4) is 0 Å². The molecule has 1 atom stereocenters. The van der Waals surface area contributed by atoms with Crippen molar-refractivity contribution in [3.63, 3.8) is 0 Å². The van der Waals surface area contributed by atoms with Crippen molar-refractivity contribution in [2.24, 2.45) is 0 Å². The van der Waals surface area contributed by atoms with Gasteiger partial charge in [0, 0.05) is 17.5 Å². The third-order valence-electron chi connectivity index (χ3n) is 4.34. The molecule has 1 aliphatic rings. The van der Waals surface area contributed by atoms with Crippen LogP contribution in [0, 0.1) is 0 Å². The highest BCUT2D eigenvalue weighted by Crippen LogP contribution is 2.40. The topological polar surface area (TPSA) is 72.8 Å². The Hall–Kier alpha value is -2.71. The molecule has 2 aromatic rings. The van der Waals surface area contributed by atoms with Crippen molar-refractivity contribution >= 4 is 23.2 Å². The fourth-order valence-electron chi connectivity index (χ4n) is 2.82. The molecule has 0 unspecified atom stereocenters. The minimum atomic E-state index is -5.13. The molecule has 148 valence electrons. The first-order valence-electron chi connectivity index (χ1n) is 8.26. The molecule has 5 nitrogen and oxygen atoms in total. The molecule has 0 aromatic heterocycles. The molecular weight excluding hydrogens is 397 g/mol. The molecule has 3 rings (SSSR count). The smallest absolute Gasteiger partial charge is 0.442 e. The van der Waals surface area contributed by atoms with Gasteiger partial charge in [0.25, 0.3) is 5.72 Å². The quantitative estimate of drug-likeness (QED) is 0.717. The lowest BCUT2D eigenvalue weighted by atomic mass is 10.1. The maximum absolute atomic E-state index is 13.5. The first-order valence-corrected chi connectivity index (χ1v) is 8.64. The van der Waals surface area contributed by atoms with Gasteiger partial charge in [0.05, 0.1) is 5.70 Å². The van der Waals surface area contributed by atoms with Crippen LogP contribution in [0.5, 0.6) is 5.75 Å². The second-order valence-corrected chi connectivity index (χ2v) is 6.69. The monoisotopic (exact) mass is 412 g/mol. The van der Waals surface area contributed by atoms with Crippen molar-refractivity contribution in [1.82, 2.24) is 10.4 Å². The molecule has 9 heteroatoms. The van der Waals surface area contributed by atoms with E-state index in [1.807, 2.05) is 0 Å². The van der Waals surface area contributed by atoms with E-state index in [0.717, 1.165) is 0 Å². The Morgan fingerprint density at radius 1 is 1.14 bits per heavy atom. The maximum atomic E-state index is 13.5. The number of alkyl halides is 3. The Bertz CT molecular complexity index is 915. The number of amides is 1. The molecule has 0 saturated heterocycles. The molecule has 1 heterocycles. The molecule has 2 aromatic carbocycles. The Kier molecular flexibility index (Phi) is 5.27. The number of para-hydroxylation sites is 1. The van der Waals surface area contributed by atoms with E-state index in [9.17, 15) is 28.2 Å². The van der Waals surface area contributed by atoms with Gasteiger partial charge in [-0.25, -0.2) is 5.01 Å². The fraction of sp³-hybridized carbons (Fsp3) is 0.211. The van der Waals surface area contributed by atoms with Crippen LogP contribution in [-0.4, -0.2) is 33.0 Å². The second kappa shape index (κ2) is 7.37. The van der Waals surface area contributed by atoms with E-state index in [4.69, 9.17) is 11.6 Å². The summed E-state index contributed by atoms with van der Waals surface area (Å²) in [5.74, 6) is -1.04. The predicted molar refractivity (Wildman–Crippen MR) is 96.8 cm³/mol. The Morgan fingerprint density at radius 2 is 1.79 bits per heavy atom. The van der Waals surface area contributed by atoms with Crippen molar-refractivity contribution in [3.8, 4) is 5.75 Å². The van der Waals surface area contributed by atoms with E-state index in [-0.39, 0.29) is 29.3 Å². The number of carbonyl (C=O) groups is 1. The highest BCUT2D eigenvalue weighted by molar-refractivity contribution is 6.30. The number of aliphatic hydroxyl groups is 1. The zero-order chi connectivity index (χ0) is 20.5. The summed E-state index contributed by atoms with van der Waals surface area (Å²) in [7, 11) is 0. The van der Waals surface area contributed by atoms with Crippen LogP contribution in [0.4, 0.5) is 13.2 Å². The minimum absolute atomic E-state index is 0.00784. The highest BCUT2D eigenvalue weighted by atomic mass is 35.5. The summed E-state index contributed by atoms with van der Waals surface area (Å²) in [4.78, 5) is 12.5. The number of hydrazine groups is 1. The molecule has 1 aliphatic heterocycles. The third-order valence-corrected chi connectivity index (χ3v) is 4.59. The summed E-state index contributed by atoms with van der Waals surface area (Å²) >= 11 is 5.78. The van der Waals surface area contributed by atoms with E-state index in [1.54, 1.807) is 18.2 Å². The van der Waals surface area contributed by atoms with Crippen LogP contribution in [0.2, 0.25) is 5.02 Å². The number of carbonyl (C=O) groups excluding carboxylic acids is 1. The molecule has 1 amide bonds. The predicted octanol–water partition coefficient (Wildman–Crippen LogP) is 3.62. The lowest BCUT2D eigenvalue weighted by Crippen LogP contribution is -2.60. The first kappa shape index (κ1) is 20.0. The molecule has 3 N–H and O–H groups in total. The van der Waals surface area contributed by atoms with Gasteiger partial charge in [-0.2, -0.15) is 13.2 Å². The number of nitrogens with one attached hydrogen (secondary N) is 1. The summed E-state index contributed by atoms with van der Waals surface area (Å²) in [5.41, 5.74) is -0.499. The number of nitrogens with zero attached hydrogens (tertiary/aromatic N) is 1. The zero-order valence-corrected chi connectivity index (χ0v) is 15.1. The minimum Gasteiger partial charge on any atom is -0.508 e. The molecule has 0 spiro atoms. The van der Waals surface area contributed by atoms with Crippen molar-refractivity contribution < 1.29 is 28.2 Å². The SMILES string of the molecule is O=C(CCc1ccccc1O)N1NC(c2ccc(Cl)cc2)=C[C@@]1(O)C(F)(F)F. The zero-order valence-electron chi connectivity index (χ0n) is 14.4. The van der Waals surface area contributed by atoms with Crippen LogP contribution >= 0.6 is 11.6 Å². The van der Waals surface area contributed by atoms with E-state index in [2.05, 4.69) is 5.43 Å². The maximum Gasteiger partial charge on any atom is 0.442 e. The van der Waals surface area contributed by atoms with Gasteiger partial charge < -0.3 is 10.2 Å². The van der Waals surface area contributed by atoms with Crippen molar-refractivity contribution in [1.29, 1.82) is 0 Å². The highest BCUT2D eigenvalue weighted by Gasteiger charge is 2.61. The molecule has 28 heavy (non-hydrogen) atoms. The van der Waals surface area contributed by atoms with Gasteiger partial charge in [0.2, 0.25) is 5.91 Å². The lowest BCUT2D eigenvalue weighted by Gasteiger charge is -2.33. The van der Waals surface area contributed by atoms with Crippen LogP contribution < -0.4 is 5.43 Å². The molecule has 0 radical (unpaired) electrons. The largest absolute Gasteiger partial charge is 0.508 e. The molecule has 0 aliphatic carbocycles. The number of benzene rings is 2. The average molecular weight is 413 g/mol. The number of hydrogen-bond acceptors (Lipinski definition) is 4. The van der Waals surface area contributed by atoms with Crippen LogP contribution in [0.1, 0.15) is 17.5 Å². The first-order chi connectivity index (χ1) is 13.1. The molecule has 0 fully saturated rings. The summed E-state index contributed by atoms with van der Waals surface area (Å²) < 4.78 is 40.6. The van der Waals surface area contributed by atoms with Crippen molar-refractivity contribution in [2.45, 2.75) is 24.7 Å². The molecule has 0 bridgehead atoms. The number of halogens is 4. The number of hydrogen-bond donors (Lipinski definition) is 3. The normalized spacial score (nSPS) is 19.3. The lowest BCUT2D eigenvalue weighted by molar-refractivity contribution is -0.288. The summed E-state index contributed by atoms with van der Waals surface area (Å²) in [6.45, 7) is 0. The summed E-state index contributed by atoms with van der Waals surface area (Å²) in [6, 6.07) is 12.1. The van der Waals surface area contributed by atoms with Crippen molar-refractivity contribution in [3.05, 3.63) is 70.8 Å². The van der Waals surface area contributed by atoms with Gasteiger partial charge in [0.15, 0.2) is 0 Å². The number of phenolic OH excluding ortho intramolecular Hbond substituents is 1. The van der Waals surface area contributed by atoms with Gasteiger partial charge in [-0.1, -0.05) is 41.9 Å². The Labute approximate surface area is 163 Å². The number of rotatable bonds is 4. The molecular formula is C19H16ClF3N2O3. The second-order valence-electron chi connectivity index (χ2n) is 6.26. The Morgan fingerprint density at radius 3 is 2.39 bits per heavy atom. The number of aromatic hydroxyl groups is 1. The van der Waals surface area contributed by atoms with E-state index >= 15 is 0 Å². The van der Waals surface area contributed by atoms with E-state index in [0.29, 0.717) is 22.2 Å². The fourth-order valence-corrected chi connectivity index (χ4v) is 2.94. The standard InChI is InChI=1S/C19H16ClF3N2O3/c20-14-8-5-12(6-9-14)15-11-18(28,19(21,22)23)25(24-15)17(27)10-7-13-3-1-2-4-16(13)26/h1-6,8-9,11,24,26,28H,7,10H2/t18-/m1/s1. The van der Waals surface area contributed by atoms with Gasteiger partial charge >= 0.3 is 6.18 Å². The van der Waals surface area contributed by atoms with Gasteiger partial charge in [-0.3, -0.25) is 10.2 Å². The van der Waals surface area contributed by atoms with E-state index in [1.165, 1.54) is 30.3 Å². The van der Waals surface area contributed by atoms with Gasteiger partial charge in [0.1, 0.15) is 5.75 Å². The van der Waals surface area contributed by atoms with Crippen molar-refractivity contribution in [2.75, 3.05) is 0 Å². The summed E-state index contributed by atoms with van der Waals surface area (Å²) in [5, 5.41) is 20.6. The van der Waals surface area contributed by atoms with Crippen LogP contribution in [-0.2, 0) is 11.2 Å². The number of aryl methyl sites for hydroxylation is 1. The number of phenols is 1. The third kappa shape index (κ3) is 3.79. The molecule has 0 saturated carbocycles. The van der Waals surface area contributed by atoms with Crippen LogP contribution in [0.25, 0.3) is 5.70 Å². The van der Waals surface area contributed by atoms with Gasteiger partial charge in [-0.05, 0) is 35.7 Å². The Balaban J connectivity index is 1.84. The van der Waals surface area contributed by atoms with E-state index < -0.39 is 17.8 Å².